The predicted molar refractivity (Wildman–Crippen MR) is 120 cm³/mol. The molecule has 0 bridgehead atoms. The van der Waals surface area contributed by atoms with Crippen molar-refractivity contribution in [3.63, 3.8) is 0 Å². The maximum atomic E-state index is 10.2. The number of allylic oxidation sites excluding steroid dienone is 2. The molecule has 0 saturated heterocycles. The van der Waals surface area contributed by atoms with Gasteiger partial charge in [0.05, 0.1) is 23.7 Å². The first-order valence-corrected chi connectivity index (χ1v) is 11.6. The van der Waals surface area contributed by atoms with Gasteiger partial charge in [-0.05, 0) is 80.0 Å². The average molecular weight is 415 g/mol. The van der Waals surface area contributed by atoms with Gasteiger partial charge in [0.2, 0.25) is 0 Å². The third-order valence-corrected chi connectivity index (χ3v) is 9.17. The van der Waals surface area contributed by atoms with Gasteiger partial charge in [-0.2, -0.15) is 10.5 Å². The molecule has 0 heterocycles. The van der Waals surface area contributed by atoms with Crippen LogP contribution in [0.15, 0.2) is 11.6 Å². The van der Waals surface area contributed by atoms with E-state index in [0.29, 0.717) is 30.7 Å². The Morgan fingerprint density at radius 1 is 1.03 bits per heavy atom. The highest BCUT2D eigenvalue weighted by Gasteiger charge is 2.65. The van der Waals surface area contributed by atoms with Crippen molar-refractivity contribution < 1.29 is 9.47 Å². The number of nitrogens with zero attached hydrogens (tertiary/aromatic N) is 2. The monoisotopic (exact) mass is 414 g/mol. The molecule has 4 aliphatic carbocycles. The largest absolute Gasteiger partial charge is 0.359 e. The van der Waals surface area contributed by atoms with Crippen LogP contribution in [0.2, 0.25) is 0 Å². The summed E-state index contributed by atoms with van der Waals surface area (Å²) in [6.07, 6.45) is 10.9. The lowest BCUT2D eigenvalue weighted by Crippen LogP contribution is -2.58. The van der Waals surface area contributed by atoms with E-state index in [9.17, 15) is 10.5 Å². The van der Waals surface area contributed by atoms with Gasteiger partial charge in [0, 0.05) is 12.7 Å². The highest BCUT2D eigenvalue weighted by Crippen LogP contribution is 2.70. The molecule has 4 aliphatic rings. The molecule has 3 fully saturated rings. The summed E-state index contributed by atoms with van der Waals surface area (Å²) >= 11 is 0. The van der Waals surface area contributed by atoms with E-state index in [0.717, 1.165) is 50.5 Å². The molecule has 30 heavy (non-hydrogen) atoms. The van der Waals surface area contributed by atoms with Crippen LogP contribution in [0.1, 0.15) is 86.5 Å². The third-order valence-electron chi connectivity index (χ3n) is 9.17. The van der Waals surface area contributed by atoms with Crippen LogP contribution < -0.4 is 0 Å². The Bertz CT molecular complexity index is 720. The molecule has 4 nitrogen and oxygen atoms in total. The van der Waals surface area contributed by atoms with Crippen LogP contribution in [0.3, 0.4) is 0 Å². The summed E-state index contributed by atoms with van der Waals surface area (Å²) in [4.78, 5) is 0. The first kappa shape index (κ1) is 24.9. The number of methoxy groups -OCH3 is 1. The molecule has 0 radical (unpaired) electrons. The third kappa shape index (κ3) is 3.32. The first-order valence-electron chi connectivity index (χ1n) is 11.6. The van der Waals surface area contributed by atoms with Gasteiger partial charge in [-0.15, -0.1) is 0 Å². The molecular weight excluding hydrogens is 372 g/mol. The van der Waals surface area contributed by atoms with Gasteiger partial charge in [-0.1, -0.05) is 41.2 Å². The second kappa shape index (κ2) is 9.42. The number of hydrogen-bond donors (Lipinski definition) is 0. The van der Waals surface area contributed by atoms with Gasteiger partial charge in [-0.25, -0.2) is 0 Å². The van der Waals surface area contributed by atoms with Crippen molar-refractivity contribution in [2.75, 3.05) is 13.9 Å². The zero-order valence-electron chi connectivity index (χ0n) is 19.0. The van der Waals surface area contributed by atoms with E-state index in [4.69, 9.17) is 9.47 Å². The molecule has 0 amide bonds. The molecule has 4 unspecified atom stereocenters. The maximum Gasteiger partial charge on any atom is 0.146 e. The Kier molecular flexibility index (Phi) is 7.82. The van der Waals surface area contributed by atoms with Crippen LogP contribution in [0.25, 0.3) is 0 Å². The molecule has 0 N–H and O–H groups in total. The Balaban J connectivity index is 0.00000104. The quantitative estimate of drug-likeness (QED) is 0.486. The van der Waals surface area contributed by atoms with Crippen LogP contribution >= 0.6 is 0 Å². The lowest BCUT2D eigenvalue weighted by molar-refractivity contribution is -0.154. The molecule has 168 valence electrons. The molecule has 7 atom stereocenters. The number of ether oxygens (including phenoxy) is 2. The fourth-order valence-corrected chi connectivity index (χ4v) is 7.76. The number of hydrogen-bond acceptors (Lipinski definition) is 4. The Morgan fingerprint density at radius 2 is 1.77 bits per heavy atom. The Hall–Kier alpha value is -1.36. The van der Waals surface area contributed by atoms with Gasteiger partial charge in [-0.3, -0.25) is 0 Å². The summed E-state index contributed by atoms with van der Waals surface area (Å²) < 4.78 is 11.3. The minimum absolute atomic E-state index is 0. The van der Waals surface area contributed by atoms with E-state index in [-0.39, 0.29) is 18.3 Å². The van der Waals surface area contributed by atoms with E-state index >= 15 is 0 Å². The second-order valence-electron chi connectivity index (χ2n) is 9.80. The first-order chi connectivity index (χ1) is 14.0. The minimum Gasteiger partial charge on any atom is -0.359 e. The molecule has 4 rings (SSSR count). The van der Waals surface area contributed by atoms with Crippen LogP contribution in [0, 0.1) is 56.7 Å². The molecule has 0 aliphatic heterocycles. The molecule has 0 aromatic rings. The molecule has 0 aromatic heterocycles. The molecule has 0 aromatic carbocycles. The standard InChI is InChI=1S/C23H32N2O2.C2H6.CH4/c1-21-11-9-19-17(18(21)6-7-20(21)27-15-26-3)8-12-23(14-25)16(13-24)5-4-10-22(19,23)2;1-2;/h5,17-20H,4,6-12,15H2,1-3H3;1-2H3;1H4/t17?,18?,19?,20-,21-,22+,23?;;/m0../s1. The van der Waals surface area contributed by atoms with Crippen LogP contribution in [0.5, 0.6) is 0 Å². The Labute approximate surface area is 184 Å². The van der Waals surface area contributed by atoms with Crippen molar-refractivity contribution in [2.45, 2.75) is 92.6 Å². The van der Waals surface area contributed by atoms with Crippen molar-refractivity contribution in [1.82, 2.24) is 0 Å². The van der Waals surface area contributed by atoms with Crippen LogP contribution in [-0.4, -0.2) is 20.0 Å². The van der Waals surface area contributed by atoms with Crippen molar-refractivity contribution >= 4 is 0 Å². The summed E-state index contributed by atoms with van der Waals surface area (Å²) in [7, 11) is 1.69. The summed E-state index contributed by atoms with van der Waals surface area (Å²) in [6, 6.07) is 5.07. The van der Waals surface area contributed by atoms with Crippen LogP contribution in [-0.2, 0) is 9.47 Å². The molecule has 3 saturated carbocycles. The van der Waals surface area contributed by atoms with E-state index < -0.39 is 5.41 Å². The zero-order chi connectivity index (χ0) is 21.3. The van der Waals surface area contributed by atoms with Crippen LogP contribution in [0.4, 0.5) is 0 Å². The Morgan fingerprint density at radius 3 is 2.40 bits per heavy atom. The zero-order valence-corrected chi connectivity index (χ0v) is 19.0. The van der Waals surface area contributed by atoms with Gasteiger partial charge < -0.3 is 9.47 Å². The smallest absolute Gasteiger partial charge is 0.146 e. The average Bonchev–Trinajstić information content (AvgIpc) is 3.09. The van der Waals surface area contributed by atoms with E-state index in [2.05, 4.69) is 26.0 Å². The van der Waals surface area contributed by atoms with Crippen molar-refractivity contribution in [2.24, 2.45) is 34.0 Å². The molecule has 4 heteroatoms. The fraction of sp³-hybridized carbons (Fsp3) is 0.846. The summed E-state index contributed by atoms with van der Waals surface area (Å²) in [5.74, 6) is 1.87. The van der Waals surface area contributed by atoms with E-state index in [1.54, 1.807) is 7.11 Å². The predicted octanol–water partition coefficient (Wildman–Crippen LogP) is 6.63. The lowest BCUT2D eigenvalue weighted by atomic mass is 9.40. The van der Waals surface area contributed by atoms with Gasteiger partial charge >= 0.3 is 0 Å². The topological polar surface area (TPSA) is 66.0 Å². The molecular formula is C26H42N2O2. The summed E-state index contributed by atoms with van der Waals surface area (Å²) in [5.41, 5.74) is 0.334. The van der Waals surface area contributed by atoms with Gasteiger partial charge in [0.1, 0.15) is 6.79 Å². The second-order valence-corrected chi connectivity index (χ2v) is 9.80. The van der Waals surface area contributed by atoms with Gasteiger partial charge in [0.25, 0.3) is 0 Å². The fourth-order valence-electron chi connectivity index (χ4n) is 7.76. The highest BCUT2D eigenvalue weighted by molar-refractivity contribution is 5.42. The highest BCUT2D eigenvalue weighted by atomic mass is 16.7. The normalized spacial score (nSPS) is 43.8. The number of fused-ring (bicyclic) bond motifs is 5. The summed E-state index contributed by atoms with van der Waals surface area (Å²) in [5, 5.41) is 20.0. The number of rotatable bonds is 3. The van der Waals surface area contributed by atoms with Crippen molar-refractivity contribution in [3.05, 3.63) is 11.6 Å². The van der Waals surface area contributed by atoms with Gasteiger partial charge in [0.15, 0.2) is 0 Å². The lowest BCUT2D eigenvalue weighted by Gasteiger charge is -2.62. The summed E-state index contributed by atoms with van der Waals surface area (Å²) in [6.45, 7) is 9.14. The van der Waals surface area contributed by atoms with Crippen molar-refractivity contribution in [1.29, 1.82) is 10.5 Å². The molecule has 0 spiro atoms. The van der Waals surface area contributed by atoms with Crippen molar-refractivity contribution in [3.8, 4) is 12.1 Å². The number of nitriles is 2. The van der Waals surface area contributed by atoms with E-state index in [1.807, 2.05) is 19.9 Å². The maximum absolute atomic E-state index is 10.2. The SMILES string of the molecule is C.CC.COCO[C@H]1CCC2C3CCC4(C#N)C(C#N)=CCC[C@]4(C)C3CC[C@@]21C. The van der Waals surface area contributed by atoms with E-state index in [1.165, 1.54) is 6.42 Å². The minimum atomic E-state index is -0.570.